The van der Waals surface area contributed by atoms with Crippen molar-refractivity contribution in [1.82, 2.24) is 0 Å². The van der Waals surface area contributed by atoms with Crippen molar-refractivity contribution in [3.05, 3.63) is 23.0 Å². The van der Waals surface area contributed by atoms with Crippen LogP contribution >= 0.6 is 0 Å². The number of phenolic OH excluding ortho intramolecular Hbond substituents is 2. The zero-order valence-electron chi connectivity index (χ0n) is 8.76. The van der Waals surface area contributed by atoms with Gasteiger partial charge in [0.15, 0.2) is 23.1 Å². The van der Waals surface area contributed by atoms with Crippen molar-refractivity contribution in [2.45, 2.75) is 13.3 Å². The van der Waals surface area contributed by atoms with Gasteiger partial charge in [0, 0.05) is 0 Å². The minimum absolute atomic E-state index is 0.0858. The lowest BCUT2D eigenvalue weighted by molar-refractivity contribution is 0.0493. The molecule has 0 aliphatic carbocycles. The van der Waals surface area contributed by atoms with Crippen molar-refractivity contribution >= 4 is 5.97 Å². The Morgan fingerprint density at radius 3 is 2.24 bits per heavy atom. The van der Waals surface area contributed by atoms with Crippen LogP contribution in [-0.4, -0.2) is 22.8 Å². The van der Waals surface area contributed by atoms with Crippen LogP contribution in [0.2, 0.25) is 0 Å². The Morgan fingerprint density at radius 2 is 1.71 bits per heavy atom. The van der Waals surface area contributed by atoms with E-state index in [4.69, 9.17) is 10.2 Å². The summed E-state index contributed by atoms with van der Waals surface area (Å²) in [4.78, 5) is 11.2. The molecule has 0 fully saturated rings. The first-order chi connectivity index (χ1) is 7.91. The molecule has 0 aliphatic rings. The number of hydrogen-bond donors (Lipinski definition) is 2. The van der Waals surface area contributed by atoms with Crippen LogP contribution in [0.4, 0.5) is 13.2 Å². The molecule has 0 aromatic heterocycles. The first kappa shape index (κ1) is 13.1. The highest BCUT2D eigenvalue weighted by Crippen LogP contribution is 2.36. The highest BCUT2D eigenvalue weighted by atomic mass is 19.2. The van der Waals surface area contributed by atoms with E-state index < -0.39 is 40.5 Å². The van der Waals surface area contributed by atoms with Gasteiger partial charge in [-0.2, -0.15) is 4.39 Å². The number of carbonyl (C=O) groups is 1. The Morgan fingerprint density at radius 1 is 1.12 bits per heavy atom. The first-order valence-electron chi connectivity index (χ1n) is 4.67. The Labute approximate surface area is 94.3 Å². The number of carbonyl (C=O) groups excluding carboxylic acids is 1. The molecule has 0 heterocycles. The third-order valence-electron chi connectivity index (χ3n) is 1.92. The molecule has 0 saturated heterocycles. The quantitative estimate of drug-likeness (QED) is 0.489. The monoisotopic (exact) mass is 250 g/mol. The average Bonchev–Trinajstić information content (AvgIpc) is 2.31. The zero-order valence-corrected chi connectivity index (χ0v) is 8.76. The molecular weight excluding hydrogens is 241 g/mol. The smallest absolute Gasteiger partial charge is 0.345 e. The number of rotatable bonds is 3. The SMILES string of the molecule is CCCOC(=O)c1c(O)c(O)c(F)c(F)c1F. The lowest BCUT2D eigenvalue weighted by Crippen LogP contribution is -2.11. The maximum absolute atomic E-state index is 13.2. The van der Waals surface area contributed by atoms with Crippen LogP contribution in [0, 0.1) is 17.5 Å². The fourth-order valence-electron chi connectivity index (χ4n) is 1.09. The molecule has 1 aromatic carbocycles. The summed E-state index contributed by atoms with van der Waals surface area (Å²) in [5.41, 5.74) is -1.23. The van der Waals surface area contributed by atoms with Crippen LogP contribution in [0.15, 0.2) is 0 Å². The van der Waals surface area contributed by atoms with Crippen molar-refractivity contribution in [1.29, 1.82) is 0 Å². The van der Waals surface area contributed by atoms with E-state index in [1.165, 1.54) is 0 Å². The summed E-state index contributed by atoms with van der Waals surface area (Å²) in [5.74, 6) is -10.2. The maximum Gasteiger partial charge on any atom is 0.345 e. The predicted molar refractivity (Wildman–Crippen MR) is 50.2 cm³/mol. The fraction of sp³-hybridized carbons (Fsp3) is 0.300. The minimum Gasteiger partial charge on any atom is -0.504 e. The van der Waals surface area contributed by atoms with E-state index >= 15 is 0 Å². The molecule has 0 radical (unpaired) electrons. The summed E-state index contributed by atoms with van der Waals surface area (Å²) in [6, 6.07) is 0. The molecule has 0 bridgehead atoms. The van der Waals surface area contributed by atoms with Crippen molar-refractivity contribution in [2.75, 3.05) is 6.61 Å². The van der Waals surface area contributed by atoms with Crippen LogP contribution in [0.25, 0.3) is 0 Å². The van der Waals surface area contributed by atoms with Gasteiger partial charge in [0.25, 0.3) is 0 Å². The van der Waals surface area contributed by atoms with Gasteiger partial charge in [0.2, 0.25) is 5.82 Å². The predicted octanol–water partition coefficient (Wildman–Crippen LogP) is 2.08. The van der Waals surface area contributed by atoms with Crippen LogP contribution in [-0.2, 0) is 4.74 Å². The molecule has 0 aliphatic heterocycles. The minimum atomic E-state index is -2.05. The lowest BCUT2D eigenvalue weighted by Gasteiger charge is -2.09. The molecule has 0 amide bonds. The van der Waals surface area contributed by atoms with E-state index in [1.807, 2.05) is 0 Å². The second-order valence-corrected chi connectivity index (χ2v) is 3.15. The average molecular weight is 250 g/mol. The number of aromatic hydroxyl groups is 2. The summed E-state index contributed by atoms with van der Waals surface area (Å²) in [6.07, 6.45) is 0.420. The van der Waals surface area contributed by atoms with Crippen molar-refractivity contribution in [3.63, 3.8) is 0 Å². The second-order valence-electron chi connectivity index (χ2n) is 3.15. The number of ether oxygens (including phenoxy) is 1. The van der Waals surface area contributed by atoms with Gasteiger partial charge in [0.05, 0.1) is 6.61 Å². The first-order valence-corrected chi connectivity index (χ1v) is 4.67. The van der Waals surface area contributed by atoms with Gasteiger partial charge >= 0.3 is 5.97 Å². The van der Waals surface area contributed by atoms with E-state index in [2.05, 4.69) is 4.74 Å². The highest BCUT2D eigenvalue weighted by molar-refractivity contribution is 5.93. The molecule has 0 atom stereocenters. The van der Waals surface area contributed by atoms with Crippen molar-refractivity contribution in [2.24, 2.45) is 0 Å². The van der Waals surface area contributed by atoms with Gasteiger partial charge in [-0.3, -0.25) is 0 Å². The topological polar surface area (TPSA) is 66.8 Å². The largest absolute Gasteiger partial charge is 0.504 e. The Kier molecular flexibility index (Phi) is 3.82. The van der Waals surface area contributed by atoms with Crippen LogP contribution in [0.5, 0.6) is 11.5 Å². The number of benzene rings is 1. The normalized spacial score (nSPS) is 10.4. The number of hydrogen-bond acceptors (Lipinski definition) is 4. The van der Waals surface area contributed by atoms with Crippen LogP contribution in [0.3, 0.4) is 0 Å². The van der Waals surface area contributed by atoms with Gasteiger partial charge in [-0.1, -0.05) is 6.92 Å². The maximum atomic E-state index is 13.2. The Balaban J connectivity index is 3.29. The molecule has 4 nitrogen and oxygen atoms in total. The number of halogens is 3. The molecule has 2 N–H and O–H groups in total. The van der Waals surface area contributed by atoms with Crippen LogP contribution in [0.1, 0.15) is 23.7 Å². The molecular formula is C10H9F3O4. The van der Waals surface area contributed by atoms with E-state index in [0.29, 0.717) is 6.42 Å². The third-order valence-corrected chi connectivity index (χ3v) is 1.92. The molecule has 1 rings (SSSR count). The van der Waals surface area contributed by atoms with E-state index in [0.717, 1.165) is 0 Å². The summed E-state index contributed by atoms with van der Waals surface area (Å²) >= 11 is 0. The van der Waals surface area contributed by atoms with E-state index in [1.54, 1.807) is 6.92 Å². The van der Waals surface area contributed by atoms with Crippen molar-refractivity contribution < 1.29 is 32.9 Å². The van der Waals surface area contributed by atoms with Gasteiger partial charge in [-0.15, -0.1) is 0 Å². The van der Waals surface area contributed by atoms with Gasteiger partial charge < -0.3 is 14.9 Å². The molecule has 0 unspecified atom stereocenters. The summed E-state index contributed by atoms with van der Waals surface area (Å²) < 4.78 is 43.3. The molecule has 0 spiro atoms. The Bertz CT molecular complexity index is 430. The molecule has 0 saturated carbocycles. The van der Waals surface area contributed by atoms with Gasteiger partial charge in [-0.05, 0) is 6.42 Å². The van der Waals surface area contributed by atoms with Crippen LogP contribution < -0.4 is 0 Å². The van der Waals surface area contributed by atoms with E-state index in [-0.39, 0.29) is 6.61 Å². The van der Waals surface area contributed by atoms with Crippen molar-refractivity contribution in [3.8, 4) is 11.5 Å². The third kappa shape index (κ3) is 2.27. The molecule has 1 aromatic rings. The fourth-order valence-corrected chi connectivity index (χ4v) is 1.09. The molecule has 17 heavy (non-hydrogen) atoms. The lowest BCUT2D eigenvalue weighted by atomic mass is 10.1. The Hall–Kier alpha value is -1.92. The summed E-state index contributed by atoms with van der Waals surface area (Å²) in [5, 5.41) is 18.1. The molecule has 94 valence electrons. The van der Waals surface area contributed by atoms with E-state index in [9.17, 15) is 18.0 Å². The number of phenols is 2. The zero-order chi connectivity index (χ0) is 13.2. The second kappa shape index (κ2) is 4.94. The standard InChI is InChI=1S/C10H9F3O4/c1-2-3-17-10(16)4-5(11)6(12)7(13)9(15)8(4)14/h14-15H,2-3H2,1H3. The molecule has 7 heteroatoms. The van der Waals surface area contributed by atoms with Gasteiger partial charge in [0.1, 0.15) is 5.56 Å². The number of esters is 1. The summed E-state index contributed by atoms with van der Waals surface area (Å²) in [6.45, 7) is 1.57. The highest BCUT2D eigenvalue weighted by Gasteiger charge is 2.29. The van der Waals surface area contributed by atoms with Gasteiger partial charge in [-0.25, -0.2) is 13.6 Å². The summed E-state index contributed by atoms with van der Waals surface area (Å²) in [7, 11) is 0.